The van der Waals surface area contributed by atoms with Crippen molar-refractivity contribution in [1.82, 2.24) is 35.1 Å². The van der Waals surface area contributed by atoms with Gasteiger partial charge in [0, 0.05) is 68.3 Å². The molecular formula is C52H63F4N7O7. The number of rotatable bonds is 11. The molecule has 2 N–H and O–H groups in total. The van der Waals surface area contributed by atoms with Crippen molar-refractivity contribution in [2.75, 3.05) is 40.4 Å². The van der Waals surface area contributed by atoms with Crippen LogP contribution in [-0.4, -0.2) is 119 Å². The van der Waals surface area contributed by atoms with Crippen molar-refractivity contribution in [3.63, 3.8) is 0 Å². The molecule has 0 saturated carbocycles. The van der Waals surface area contributed by atoms with E-state index in [-0.39, 0.29) is 61.1 Å². The van der Waals surface area contributed by atoms with Crippen LogP contribution in [0.25, 0.3) is 33.3 Å². The Labute approximate surface area is 405 Å². The number of methoxy groups -OCH3 is 1. The summed E-state index contributed by atoms with van der Waals surface area (Å²) in [6, 6.07) is 10.2. The van der Waals surface area contributed by atoms with Gasteiger partial charge in [0.05, 0.1) is 30.0 Å². The van der Waals surface area contributed by atoms with Crippen LogP contribution in [0.3, 0.4) is 0 Å². The molecule has 2 aromatic carbocycles. The number of nitrogens with zero attached hydrogens (tertiary/aromatic N) is 5. The lowest BCUT2D eigenvalue weighted by Gasteiger charge is -2.37. The zero-order valence-electron chi connectivity index (χ0n) is 40.8. The smallest absolute Gasteiger partial charge is 0.406 e. The fourth-order valence-electron chi connectivity index (χ4n) is 10.1. The number of nitrogens with one attached hydrogen (secondary N) is 2. The zero-order chi connectivity index (χ0) is 50.8. The second-order valence-corrected chi connectivity index (χ2v) is 19.9. The first kappa shape index (κ1) is 51.7. The molecule has 1 unspecified atom stereocenters. The van der Waals surface area contributed by atoms with Crippen LogP contribution in [0.1, 0.15) is 82.4 Å². The number of likely N-dealkylation sites (tertiary alicyclic amines) is 1. The molecule has 0 aliphatic carbocycles. The van der Waals surface area contributed by atoms with Gasteiger partial charge in [0.15, 0.2) is 0 Å². The molecule has 5 atom stereocenters. The lowest BCUT2D eigenvalue weighted by molar-refractivity contribution is -0.155. The van der Waals surface area contributed by atoms with Crippen LogP contribution < -0.4 is 10.7 Å². The van der Waals surface area contributed by atoms with Crippen LogP contribution in [0.2, 0.25) is 0 Å². The highest BCUT2D eigenvalue weighted by Gasteiger charge is 2.41. The molecule has 3 aliphatic rings. The van der Waals surface area contributed by atoms with Crippen molar-refractivity contribution < 1.29 is 51.0 Å². The van der Waals surface area contributed by atoms with Crippen molar-refractivity contribution in [2.24, 2.45) is 17.3 Å². The number of aromatic nitrogens is 2. The van der Waals surface area contributed by atoms with Gasteiger partial charge in [0.1, 0.15) is 31.3 Å². The summed E-state index contributed by atoms with van der Waals surface area (Å²) in [6.07, 6.45) is -1.34. The summed E-state index contributed by atoms with van der Waals surface area (Å²) < 4.78 is 72.0. The number of hydrogen-bond acceptors (Lipinski definition) is 9. The van der Waals surface area contributed by atoms with Gasteiger partial charge < -0.3 is 29.2 Å². The van der Waals surface area contributed by atoms with Gasteiger partial charge in [0.25, 0.3) is 5.91 Å². The number of fused-ring (bicyclic) bond motifs is 6. The molecule has 3 aliphatic heterocycles. The molecule has 4 amide bonds. The van der Waals surface area contributed by atoms with E-state index in [2.05, 4.69) is 22.3 Å². The molecule has 14 nitrogen and oxygen atoms in total. The van der Waals surface area contributed by atoms with E-state index in [0.29, 0.717) is 64.7 Å². The first-order valence-corrected chi connectivity index (χ1v) is 23.7. The maximum atomic E-state index is 14.9. The van der Waals surface area contributed by atoms with E-state index in [0.717, 1.165) is 0 Å². The van der Waals surface area contributed by atoms with E-state index in [1.807, 2.05) is 13.8 Å². The van der Waals surface area contributed by atoms with Crippen LogP contribution in [-0.2, 0) is 59.5 Å². The first-order valence-electron chi connectivity index (χ1n) is 23.7. The van der Waals surface area contributed by atoms with E-state index in [9.17, 15) is 41.5 Å². The van der Waals surface area contributed by atoms with Crippen molar-refractivity contribution in [3.05, 3.63) is 89.8 Å². The van der Waals surface area contributed by atoms with Crippen molar-refractivity contribution >= 4 is 40.5 Å². The molecule has 18 heteroatoms. The quantitative estimate of drug-likeness (QED) is 0.0897. The SMILES string of the molecule is C=CC(=O)N1CCC(C(=O)N(C)[C@H](C(=O)N[C@H]2Cc3cc(CF)cc(c3)-c3ccc4c(c3)c(c(-c3cccnc3[C@H](C)OC)n4CC(F)(F)F)CC(C)(C)COC(=O)[C@@H]3CCCN(N3)C2=O)C(C)C)C1. The molecule has 4 aromatic rings. The fourth-order valence-corrected chi connectivity index (χ4v) is 10.1. The Morgan fingerprint density at radius 2 is 1.83 bits per heavy atom. The average Bonchev–Trinajstić information content (AvgIpc) is 3.94. The predicted molar refractivity (Wildman–Crippen MR) is 255 cm³/mol. The summed E-state index contributed by atoms with van der Waals surface area (Å²) in [5.41, 5.74) is 5.96. The third-order valence-electron chi connectivity index (χ3n) is 13.6. The Bertz CT molecular complexity index is 2650. The first-order chi connectivity index (χ1) is 33.1. The molecule has 5 heterocycles. The van der Waals surface area contributed by atoms with E-state index in [4.69, 9.17) is 9.47 Å². The Hall–Kier alpha value is -6.14. The number of cyclic esters (lactones) is 1. The number of pyridine rings is 1. The average molecular weight is 974 g/mol. The number of hydrazine groups is 1. The normalized spacial score (nSPS) is 20.7. The van der Waals surface area contributed by atoms with Gasteiger partial charge in [-0.3, -0.25) is 34.0 Å². The van der Waals surface area contributed by atoms with Gasteiger partial charge in [-0.05, 0) is 103 Å². The summed E-state index contributed by atoms with van der Waals surface area (Å²) >= 11 is 0. The number of amides is 4. The maximum Gasteiger partial charge on any atom is 0.406 e. The largest absolute Gasteiger partial charge is 0.464 e. The van der Waals surface area contributed by atoms with Crippen LogP contribution in [0.5, 0.6) is 0 Å². The monoisotopic (exact) mass is 973 g/mol. The summed E-state index contributed by atoms with van der Waals surface area (Å²) in [5.74, 6) is -3.44. The predicted octanol–water partition coefficient (Wildman–Crippen LogP) is 7.28. The van der Waals surface area contributed by atoms with E-state index in [1.165, 1.54) is 39.6 Å². The van der Waals surface area contributed by atoms with Gasteiger partial charge >= 0.3 is 12.1 Å². The number of carbonyl (C=O) groups excluding carboxylic acids is 5. The maximum absolute atomic E-state index is 14.9. The standard InChI is InChI=1S/C52H63F4N7O7/c1-9-43(64)61-19-16-35(27-61)48(66)60(7)45(30(2)3)47(65)58-41-23-32-20-33(26-53)22-36(21-32)34-14-15-42-38(24-34)39(25-51(5,6)29-70-50(68)40-13-11-18-63(59-40)49(41)67)46(62(42)28-52(54,55)56)37-12-10-17-57-44(37)31(4)69-8/h9-10,12,14-15,17,20-22,24,30-31,35,40-41,45,59H,1,11,13,16,18-19,23,25-29H2,2-8H3,(H,58,65)/t31-,35?,40-,41-,45-/m0/s1. The van der Waals surface area contributed by atoms with Crippen LogP contribution in [0.15, 0.2) is 67.4 Å². The molecule has 0 radical (unpaired) electrons. The van der Waals surface area contributed by atoms with E-state index >= 15 is 0 Å². The summed E-state index contributed by atoms with van der Waals surface area (Å²) in [7, 11) is 3.02. The Morgan fingerprint density at radius 3 is 2.51 bits per heavy atom. The van der Waals surface area contributed by atoms with Crippen LogP contribution >= 0.6 is 0 Å². The molecule has 2 aromatic heterocycles. The minimum Gasteiger partial charge on any atom is -0.464 e. The van der Waals surface area contributed by atoms with Gasteiger partial charge in [0.2, 0.25) is 17.7 Å². The Balaban J connectivity index is 1.36. The molecule has 7 rings (SSSR count). The fraction of sp³-hybridized carbons (Fsp3) is 0.500. The zero-order valence-corrected chi connectivity index (χ0v) is 40.8. The topological polar surface area (TPSA) is 155 Å². The summed E-state index contributed by atoms with van der Waals surface area (Å²) in [5, 5.41) is 4.71. The molecule has 6 bridgehead atoms. The van der Waals surface area contributed by atoms with Crippen molar-refractivity contribution in [1.29, 1.82) is 0 Å². The van der Waals surface area contributed by atoms with Crippen LogP contribution in [0, 0.1) is 17.3 Å². The number of halogens is 4. The second kappa shape index (κ2) is 21.1. The minimum absolute atomic E-state index is 0.135. The van der Waals surface area contributed by atoms with Gasteiger partial charge in [-0.15, -0.1) is 0 Å². The molecule has 2 saturated heterocycles. The van der Waals surface area contributed by atoms with Crippen molar-refractivity contribution in [2.45, 2.75) is 110 Å². The van der Waals surface area contributed by atoms with Crippen molar-refractivity contribution in [3.8, 4) is 22.4 Å². The Morgan fingerprint density at radius 1 is 1.07 bits per heavy atom. The summed E-state index contributed by atoms with van der Waals surface area (Å²) in [6.45, 7) is 10.9. The lowest BCUT2D eigenvalue weighted by Crippen LogP contribution is -2.62. The highest BCUT2D eigenvalue weighted by Crippen LogP contribution is 2.43. The highest BCUT2D eigenvalue weighted by atomic mass is 19.4. The number of alkyl halides is 4. The molecule has 70 heavy (non-hydrogen) atoms. The summed E-state index contributed by atoms with van der Waals surface area (Å²) in [4.78, 5) is 77.0. The lowest BCUT2D eigenvalue weighted by atomic mass is 9.84. The van der Waals surface area contributed by atoms with Gasteiger partial charge in [-0.25, -0.2) is 9.82 Å². The highest BCUT2D eigenvalue weighted by molar-refractivity contribution is 5.96. The van der Waals surface area contributed by atoms with E-state index < -0.39 is 78.7 Å². The Kier molecular flexibility index (Phi) is 15.6. The molecular weight excluding hydrogens is 911 g/mol. The minimum atomic E-state index is -4.64. The van der Waals surface area contributed by atoms with E-state index in [1.54, 1.807) is 75.5 Å². The third-order valence-corrected chi connectivity index (χ3v) is 13.6. The number of ether oxygens (including phenoxy) is 2. The second-order valence-electron chi connectivity index (χ2n) is 19.9. The van der Waals surface area contributed by atoms with Gasteiger partial charge in [-0.2, -0.15) is 13.2 Å². The molecule has 0 spiro atoms. The molecule has 376 valence electrons. The number of benzene rings is 2. The number of likely N-dealkylation sites (N-methyl/N-ethyl adjacent to an activating group) is 1. The number of esters is 1. The van der Waals surface area contributed by atoms with Crippen LogP contribution in [0.4, 0.5) is 17.6 Å². The van der Waals surface area contributed by atoms with Gasteiger partial charge in [-0.1, -0.05) is 52.5 Å². The third kappa shape index (κ3) is 11.2. The number of hydrogen-bond donors (Lipinski definition) is 2. The number of carbonyl (C=O) groups is 5. The molecule has 2 fully saturated rings.